The molecule has 0 saturated heterocycles. The molecule has 4 heteroatoms. The van der Waals surface area contributed by atoms with Gasteiger partial charge in [0.2, 0.25) is 0 Å². The van der Waals surface area contributed by atoms with Gasteiger partial charge in [0.15, 0.2) is 0 Å². The lowest BCUT2D eigenvalue weighted by molar-refractivity contribution is -0.117. The van der Waals surface area contributed by atoms with Crippen LogP contribution in [0.15, 0.2) is 78.5 Å². The zero-order valence-corrected chi connectivity index (χ0v) is 13.5. The molecule has 2 rings (SSSR count). The molecule has 2 N–H and O–H groups in total. The second-order valence-electron chi connectivity index (χ2n) is 5.03. The molecule has 122 valence electrons. The Morgan fingerprint density at radius 2 is 1.58 bits per heavy atom. The highest BCUT2D eigenvalue weighted by atomic mass is 16.2. The highest BCUT2D eigenvalue weighted by molar-refractivity contribution is 6.02. The lowest BCUT2D eigenvalue weighted by Gasteiger charge is -2.09. The van der Waals surface area contributed by atoms with Gasteiger partial charge in [-0.1, -0.05) is 60.7 Å². The predicted octanol–water partition coefficient (Wildman–Crippen LogP) is 3.15. The van der Waals surface area contributed by atoms with Gasteiger partial charge in [-0.2, -0.15) is 0 Å². The summed E-state index contributed by atoms with van der Waals surface area (Å²) in [7, 11) is 0. The molecule has 0 unspecified atom stereocenters. The lowest BCUT2D eigenvalue weighted by atomic mass is 10.2. The van der Waals surface area contributed by atoms with Crippen molar-refractivity contribution in [3.05, 3.63) is 89.6 Å². The Morgan fingerprint density at radius 1 is 0.958 bits per heavy atom. The first kappa shape index (κ1) is 17.2. The molecule has 2 amide bonds. The van der Waals surface area contributed by atoms with Crippen molar-refractivity contribution in [2.75, 3.05) is 6.54 Å². The number of benzene rings is 2. The van der Waals surface area contributed by atoms with E-state index in [4.69, 9.17) is 0 Å². The minimum atomic E-state index is -0.320. The van der Waals surface area contributed by atoms with Crippen molar-refractivity contribution in [2.24, 2.45) is 0 Å². The fraction of sp³-hybridized carbons (Fsp3) is 0.100. The molecule has 2 aromatic carbocycles. The van der Waals surface area contributed by atoms with E-state index in [2.05, 4.69) is 10.6 Å². The smallest absolute Gasteiger partial charge is 0.267 e. The molecule has 0 aliphatic carbocycles. The molecule has 0 aliphatic heterocycles. The van der Waals surface area contributed by atoms with E-state index in [0.29, 0.717) is 12.1 Å². The van der Waals surface area contributed by atoms with Crippen LogP contribution in [0.1, 0.15) is 22.8 Å². The zero-order valence-electron chi connectivity index (χ0n) is 13.5. The van der Waals surface area contributed by atoms with Crippen molar-refractivity contribution >= 4 is 17.9 Å². The average molecular weight is 320 g/mol. The van der Waals surface area contributed by atoms with Crippen molar-refractivity contribution < 1.29 is 9.59 Å². The molecular weight excluding hydrogens is 300 g/mol. The Bertz CT molecular complexity index is 735. The van der Waals surface area contributed by atoms with Gasteiger partial charge in [-0.25, -0.2) is 0 Å². The van der Waals surface area contributed by atoms with Gasteiger partial charge < -0.3 is 10.6 Å². The summed E-state index contributed by atoms with van der Waals surface area (Å²) in [6, 6.07) is 18.5. The second-order valence-corrected chi connectivity index (χ2v) is 5.03. The van der Waals surface area contributed by atoms with Crippen molar-refractivity contribution in [2.45, 2.75) is 6.92 Å². The van der Waals surface area contributed by atoms with Crippen LogP contribution in [-0.2, 0) is 4.79 Å². The molecule has 2 aromatic rings. The van der Waals surface area contributed by atoms with Crippen LogP contribution in [0.3, 0.4) is 0 Å². The normalized spacial score (nSPS) is 11.3. The van der Waals surface area contributed by atoms with Gasteiger partial charge in [0.25, 0.3) is 11.8 Å². The van der Waals surface area contributed by atoms with Crippen LogP contribution in [0.4, 0.5) is 0 Å². The first-order valence-corrected chi connectivity index (χ1v) is 7.78. The van der Waals surface area contributed by atoms with Crippen LogP contribution < -0.4 is 10.6 Å². The average Bonchev–Trinajstić information content (AvgIpc) is 2.62. The van der Waals surface area contributed by atoms with E-state index in [0.717, 1.165) is 5.56 Å². The molecule has 0 spiro atoms. The number of hydrogen-bond acceptors (Lipinski definition) is 2. The van der Waals surface area contributed by atoms with Crippen molar-refractivity contribution in [1.29, 1.82) is 0 Å². The van der Waals surface area contributed by atoms with Crippen LogP contribution in [0.5, 0.6) is 0 Å². The molecule has 0 atom stereocenters. The highest BCUT2D eigenvalue weighted by Crippen LogP contribution is 2.04. The second kappa shape index (κ2) is 9.10. The van der Waals surface area contributed by atoms with E-state index in [1.54, 1.807) is 36.4 Å². The molecule has 0 heterocycles. The third-order valence-corrected chi connectivity index (χ3v) is 3.22. The number of carbonyl (C=O) groups is 2. The van der Waals surface area contributed by atoms with Gasteiger partial charge in [-0.05, 0) is 30.7 Å². The summed E-state index contributed by atoms with van der Waals surface area (Å²) in [6.07, 6.45) is 5.21. The maximum absolute atomic E-state index is 12.2. The molecule has 0 bridgehead atoms. The molecule has 4 nitrogen and oxygen atoms in total. The number of amides is 2. The third kappa shape index (κ3) is 5.25. The Kier molecular flexibility index (Phi) is 6.53. The Hall–Kier alpha value is -3.14. The van der Waals surface area contributed by atoms with Gasteiger partial charge in [0.1, 0.15) is 5.70 Å². The van der Waals surface area contributed by atoms with E-state index in [-0.39, 0.29) is 17.5 Å². The molecule has 0 aromatic heterocycles. The molecule has 24 heavy (non-hydrogen) atoms. The van der Waals surface area contributed by atoms with Gasteiger partial charge in [-0.15, -0.1) is 0 Å². The van der Waals surface area contributed by atoms with Crippen molar-refractivity contribution in [3.8, 4) is 0 Å². The summed E-state index contributed by atoms with van der Waals surface area (Å²) in [5, 5.41) is 5.36. The van der Waals surface area contributed by atoms with E-state index < -0.39 is 0 Å². The number of likely N-dealkylation sites (N-methyl/N-ethyl adjacent to an activating group) is 1. The summed E-state index contributed by atoms with van der Waals surface area (Å²) in [6.45, 7) is 2.31. The summed E-state index contributed by atoms with van der Waals surface area (Å²) < 4.78 is 0. The molecule has 0 aliphatic rings. The van der Waals surface area contributed by atoms with Gasteiger partial charge in [-0.3, -0.25) is 9.59 Å². The summed E-state index contributed by atoms with van der Waals surface area (Å²) in [4.78, 5) is 24.4. The number of carbonyl (C=O) groups excluding carboxylic acids is 2. The van der Waals surface area contributed by atoms with E-state index in [9.17, 15) is 9.59 Å². The quantitative estimate of drug-likeness (QED) is 0.634. The highest BCUT2D eigenvalue weighted by Gasteiger charge is 2.12. The van der Waals surface area contributed by atoms with Gasteiger partial charge in [0, 0.05) is 12.1 Å². The van der Waals surface area contributed by atoms with Crippen molar-refractivity contribution in [1.82, 2.24) is 10.6 Å². The minimum Gasteiger partial charge on any atom is -0.351 e. The molecular formula is C20H20N2O2. The fourth-order valence-corrected chi connectivity index (χ4v) is 2.03. The Morgan fingerprint density at radius 3 is 2.21 bits per heavy atom. The van der Waals surface area contributed by atoms with Gasteiger partial charge >= 0.3 is 0 Å². The van der Waals surface area contributed by atoms with Crippen molar-refractivity contribution in [3.63, 3.8) is 0 Å². The maximum atomic E-state index is 12.2. The molecule has 0 fully saturated rings. The third-order valence-electron chi connectivity index (χ3n) is 3.22. The van der Waals surface area contributed by atoms with Crippen LogP contribution >= 0.6 is 0 Å². The number of allylic oxidation sites excluding steroid dienone is 2. The minimum absolute atomic E-state index is 0.206. The van der Waals surface area contributed by atoms with Crippen LogP contribution in [0, 0.1) is 0 Å². The fourth-order valence-electron chi connectivity index (χ4n) is 2.03. The lowest BCUT2D eigenvalue weighted by Crippen LogP contribution is -2.34. The first-order valence-electron chi connectivity index (χ1n) is 7.78. The number of rotatable bonds is 6. The Labute approximate surface area is 141 Å². The SMILES string of the molecule is CCNC(=O)/C(=C/C=C\c1ccccc1)NC(=O)c1ccccc1. The van der Waals surface area contributed by atoms with E-state index >= 15 is 0 Å². The largest absolute Gasteiger partial charge is 0.351 e. The standard InChI is InChI=1S/C20H20N2O2/c1-2-21-20(24)18(15-9-12-16-10-5-3-6-11-16)22-19(23)17-13-7-4-8-14-17/h3-15H,2H2,1H3,(H,21,24)(H,22,23)/b12-9-,18-15-. The van der Waals surface area contributed by atoms with Crippen LogP contribution in [-0.4, -0.2) is 18.4 Å². The molecule has 0 saturated carbocycles. The first-order chi connectivity index (χ1) is 11.7. The van der Waals surface area contributed by atoms with E-state index in [1.807, 2.05) is 49.4 Å². The molecule has 0 radical (unpaired) electrons. The predicted molar refractivity (Wildman–Crippen MR) is 96.2 cm³/mol. The topological polar surface area (TPSA) is 58.2 Å². The Balaban J connectivity index is 2.15. The monoisotopic (exact) mass is 320 g/mol. The van der Waals surface area contributed by atoms with E-state index in [1.165, 1.54) is 0 Å². The zero-order chi connectivity index (χ0) is 17.2. The number of hydrogen-bond donors (Lipinski definition) is 2. The maximum Gasteiger partial charge on any atom is 0.267 e. The van der Waals surface area contributed by atoms with Crippen LogP contribution in [0.2, 0.25) is 0 Å². The van der Waals surface area contributed by atoms with Gasteiger partial charge in [0.05, 0.1) is 0 Å². The summed E-state index contributed by atoms with van der Waals surface area (Å²) in [5.74, 6) is -0.638. The summed E-state index contributed by atoms with van der Waals surface area (Å²) in [5.41, 5.74) is 1.72. The number of nitrogens with one attached hydrogen (secondary N) is 2. The summed E-state index contributed by atoms with van der Waals surface area (Å²) >= 11 is 0. The van der Waals surface area contributed by atoms with Crippen LogP contribution in [0.25, 0.3) is 6.08 Å².